The third-order valence-corrected chi connectivity index (χ3v) is 1.49. The molecular formula is C8H5F6N. The number of anilines is 1. The SMILES string of the molecule is Fc1cc(F)c(NCC(F)(F)F)cc1F. The summed E-state index contributed by atoms with van der Waals surface area (Å²) in [5.74, 6) is -4.15. The summed E-state index contributed by atoms with van der Waals surface area (Å²) in [6.45, 7) is -1.52. The van der Waals surface area contributed by atoms with Crippen molar-refractivity contribution in [2.45, 2.75) is 6.18 Å². The molecule has 0 saturated heterocycles. The average molecular weight is 229 g/mol. The van der Waals surface area contributed by atoms with E-state index in [9.17, 15) is 26.3 Å². The fourth-order valence-electron chi connectivity index (χ4n) is 0.853. The molecular weight excluding hydrogens is 224 g/mol. The Balaban J connectivity index is 2.82. The predicted molar refractivity (Wildman–Crippen MR) is 40.9 cm³/mol. The molecule has 0 spiro atoms. The van der Waals surface area contributed by atoms with E-state index >= 15 is 0 Å². The van der Waals surface area contributed by atoms with Gasteiger partial charge in [-0.05, 0) is 0 Å². The summed E-state index contributed by atoms with van der Waals surface area (Å²) >= 11 is 0. The first-order chi connectivity index (χ1) is 6.79. The zero-order valence-corrected chi connectivity index (χ0v) is 7.13. The highest BCUT2D eigenvalue weighted by Crippen LogP contribution is 2.21. The molecule has 1 aromatic rings. The van der Waals surface area contributed by atoms with E-state index in [0.29, 0.717) is 6.07 Å². The van der Waals surface area contributed by atoms with Crippen LogP contribution in [0.1, 0.15) is 0 Å². The van der Waals surface area contributed by atoms with Crippen LogP contribution in [0.3, 0.4) is 0 Å². The first kappa shape index (κ1) is 11.7. The molecule has 0 aliphatic heterocycles. The first-order valence-corrected chi connectivity index (χ1v) is 3.75. The van der Waals surface area contributed by atoms with Gasteiger partial charge >= 0.3 is 6.18 Å². The Morgan fingerprint density at radius 3 is 2.00 bits per heavy atom. The van der Waals surface area contributed by atoms with E-state index in [1.165, 1.54) is 0 Å². The molecule has 0 heterocycles. The van der Waals surface area contributed by atoms with Gasteiger partial charge in [0.1, 0.15) is 12.4 Å². The summed E-state index contributed by atoms with van der Waals surface area (Å²) in [5.41, 5.74) is -0.730. The van der Waals surface area contributed by atoms with Crippen molar-refractivity contribution in [3.63, 3.8) is 0 Å². The molecule has 84 valence electrons. The average Bonchev–Trinajstić information content (AvgIpc) is 2.07. The molecule has 0 radical (unpaired) electrons. The topological polar surface area (TPSA) is 12.0 Å². The van der Waals surface area contributed by atoms with Crippen molar-refractivity contribution in [3.05, 3.63) is 29.6 Å². The Hall–Kier alpha value is -1.40. The maximum atomic E-state index is 12.8. The highest BCUT2D eigenvalue weighted by atomic mass is 19.4. The van der Waals surface area contributed by atoms with E-state index < -0.39 is 35.9 Å². The number of hydrogen-bond donors (Lipinski definition) is 1. The van der Waals surface area contributed by atoms with Gasteiger partial charge in [0.05, 0.1) is 5.69 Å². The lowest BCUT2D eigenvalue weighted by atomic mass is 10.3. The van der Waals surface area contributed by atoms with Gasteiger partial charge in [0.2, 0.25) is 0 Å². The van der Waals surface area contributed by atoms with Gasteiger partial charge < -0.3 is 5.32 Å². The van der Waals surface area contributed by atoms with E-state index in [1.807, 2.05) is 0 Å². The van der Waals surface area contributed by atoms with Crippen molar-refractivity contribution in [1.29, 1.82) is 0 Å². The van der Waals surface area contributed by atoms with Gasteiger partial charge in [-0.2, -0.15) is 13.2 Å². The maximum Gasteiger partial charge on any atom is 0.405 e. The molecule has 0 atom stereocenters. The Bertz CT molecular complexity index is 359. The lowest BCUT2D eigenvalue weighted by Crippen LogP contribution is -2.21. The molecule has 1 aromatic carbocycles. The highest BCUT2D eigenvalue weighted by Gasteiger charge is 2.27. The molecule has 0 saturated carbocycles. The number of rotatable bonds is 2. The van der Waals surface area contributed by atoms with Crippen molar-refractivity contribution < 1.29 is 26.3 Å². The molecule has 7 heteroatoms. The smallest absolute Gasteiger partial charge is 0.374 e. The first-order valence-electron chi connectivity index (χ1n) is 3.75. The van der Waals surface area contributed by atoms with Crippen LogP contribution < -0.4 is 5.32 Å². The molecule has 0 unspecified atom stereocenters. The number of nitrogens with one attached hydrogen (secondary N) is 1. The van der Waals surface area contributed by atoms with Crippen LogP contribution in [0.25, 0.3) is 0 Å². The predicted octanol–water partition coefficient (Wildman–Crippen LogP) is 3.08. The van der Waals surface area contributed by atoms with Crippen LogP contribution in [0, 0.1) is 17.5 Å². The molecule has 0 aliphatic carbocycles. The Kier molecular flexibility index (Phi) is 3.11. The van der Waals surface area contributed by atoms with Crippen LogP contribution in [0.5, 0.6) is 0 Å². The summed E-state index contributed by atoms with van der Waals surface area (Å²) in [4.78, 5) is 0. The lowest BCUT2D eigenvalue weighted by Gasteiger charge is -2.10. The minimum atomic E-state index is -4.56. The fourth-order valence-corrected chi connectivity index (χ4v) is 0.853. The number of benzene rings is 1. The molecule has 1 N–H and O–H groups in total. The fraction of sp³-hybridized carbons (Fsp3) is 0.250. The minimum absolute atomic E-state index is 0.175. The summed E-state index contributed by atoms with van der Waals surface area (Å²) in [5, 5.41) is 1.61. The normalized spacial score (nSPS) is 11.6. The number of alkyl halides is 3. The molecule has 1 nitrogen and oxygen atoms in total. The van der Waals surface area contributed by atoms with Gasteiger partial charge in [-0.25, -0.2) is 13.2 Å². The Labute approximate surface area is 80.7 Å². The third-order valence-electron chi connectivity index (χ3n) is 1.49. The van der Waals surface area contributed by atoms with Crippen LogP contribution in [0.2, 0.25) is 0 Å². The standard InChI is InChI=1S/C8H5F6N/c9-4-1-6(11)7(2-5(4)10)15-3-8(12,13)14/h1-2,15H,3H2. The largest absolute Gasteiger partial charge is 0.405 e. The second-order valence-corrected chi connectivity index (χ2v) is 2.71. The molecule has 0 bridgehead atoms. The highest BCUT2D eigenvalue weighted by molar-refractivity contribution is 5.45. The number of halogens is 6. The summed E-state index contributed by atoms with van der Waals surface area (Å²) in [6.07, 6.45) is -4.56. The van der Waals surface area contributed by atoms with Gasteiger partial charge in [-0.3, -0.25) is 0 Å². The van der Waals surface area contributed by atoms with Crippen molar-refractivity contribution in [3.8, 4) is 0 Å². The molecule has 15 heavy (non-hydrogen) atoms. The molecule has 0 amide bonds. The van der Waals surface area contributed by atoms with Crippen molar-refractivity contribution in [2.75, 3.05) is 11.9 Å². The molecule has 0 fully saturated rings. The van der Waals surface area contributed by atoms with Gasteiger partial charge in [0, 0.05) is 12.1 Å². The van der Waals surface area contributed by atoms with Gasteiger partial charge in [0.25, 0.3) is 0 Å². The number of hydrogen-bond acceptors (Lipinski definition) is 1. The maximum absolute atomic E-state index is 12.8. The Morgan fingerprint density at radius 2 is 1.47 bits per heavy atom. The second-order valence-electron chi connectivity index (χ2n) is 2.71. The summed E-state index contributed by atoms with van der Waals surface area (Å²) < 4.78 is 72.8. The zero-order valence-electron chi connectivity index (χ0n) is 7.13. The van der Waals surface area contributed by atoms with Crippen LogP contribution in [-0.4, -0.2) is 12.7 Å². The molecule has 1 rings (SSSR count). The Morgan fingerprint density at radius 1 is 0.933 bits per heavy atom. The quantitative estimate of drug-likeness (QED) is 0.607. The van der Waals surface area contributed by atoms with Gasteiger partial charge in [-0.15, -0.1) is 0 Å². The molecule has 0 aliphatic rings. The lowest BCUT2D eigenvalue weighted by molar-refractivity contribution is -0.115. The van der Waals surface area contributed by atoms with Crippen LogP contribution in [0.15, 0.2) is 12.1 Å². The van der Waals surface area contributed by atoms with Crippen LogP contribution in [-0.2, 0) is 0 Å². The van der Waals surface area contributed by atoms with E-state index in [1.54, 1.807) is 5.32 Å². The third kappa shape index (κ3) is 3.34. The van der Waals surface area contributed by atoms with Crippen molar-refractivity contribution >= 4 is 5.69 Å². The van der Waals surface area contributed by atoms with E-state index in [-0.39, 0.29) is 6.07 Å². The van der Waals surface area contributed by atoms with Gasteiger partial charge in [0.15, 0.2) is 11.6 Å². The zero-order chi connectivity index (χ0) is 11.6. The second kappa shape index (κ2) is 4.00. The van der Waals surface area contributed by atoms with Gasteiger partial charge in [-0.1, -0.05) is 0 Å². The van der Waals surface area contributed by atoms with Crippen molar-refractivity contribution in [1.82, 2.24) is 0 Å². The minimum Gasteiger partial charge on any atom is -0.374 e. The van der Waals surface area contributed by atoms with E-state index in [0.717, 1.165) is 0 Å². The van der Waals surface area contributed by atoms with Crippen molar-refractivity contribution in [2.24, 2.45) is 0 Å². The van der Waals surface area contributed by atoms with E-state index in [4.69, 9.17) is 0 Å². The summed E-state index contributed by atoms with van der Waals surface area (Å²) in [6, 6.07) is 0.504. The van der Waals surface area contributed by atoms with Crippen LogP contribution >= 0.6 is 0 Å². The van der Waals surface area contributed by atoms with E-state index in [2.05, 4.69) is 0 Å². The molecule has 0 aromatic heterocycles. The monoisotopic (exact) mass is 229 g/mol. The summed E-state index contributed by atoms with van der Waals surface area (Å²) in [7, 11) is 0. The van der Waals surface area contributed by atoms with Crippen LogP contribution in [0.4, 0.5) is 32.0 Å².